The Kier molecular flexibility index (Phi) is 5.62. The van der Waals surface area contributed by atoms with Gasteiger partial charge in [0.25, 0.3) is 0 Å². The molecule has 0 amide bonds. The summed E-state index contributed by atoms with van der Waals surface area (Å²) in [6.45, 7) is 5.49. The largest absolute Gasteiger partial charge is 0.466 e. The molecule has 1 rings (SSSR count). The van der Waals surface area contributed by atoms with Crippen LogP contribution in [-0.2, 0) is 23.0 Å². The van der Waals surface area contributed by atoms with Crippen molar-refractivity contribution in [2.75, 3.05) is 19.7 Å². The number of hydrogen-bond acceptors (Lipinski definition) is 5. The van der Waals surface area contributed by atoms with E-state index in [1.807, 2.05) is 25.5 Å². The smallest absolute Gasteiger partial charge is 0.309 e. The highest BCUT2D eigenvalue weighted by Gasteiger charge is 2.12. The van der Waals surface area contributed by atoms with Gasteiger partial charge in [0, 0.05) is 26.6 Å². The van der Waals surface area contributed by atoms with Gasteiger partial charge >= 0.3 is 5.97 Å². The number of nitrogens with one attached hydrogen (secondary N) is 1. The number of esters is 1. The van der Waals surface area contributed by atoms with Gasteiger partial charge in [0.1, 0.15) is 12.2 Å². The molecular formula is C11H20N4O2. The van der Waals surface area contributed by atoms with Crippen molar-refractivity contribution in [3.63, 3.8) is 0 Å². The lowest BCUT2D eigenvalue weighted by Crippen LogP contribution is -2.29. The Morgan fingerprint density at radius 3 is 3.00 bits per heavy atom. The highest BCUT2D eigenvalue weighted by Crippen LogP contribution is 1.97. The lowest BCUT2D eigenvalue weighted by molar-refractivity contribution is -0.147. The molecular weight excluding hydrogens is 220 g/mol. The van der Waals surface area contributed by atoms with Crippen LogP contribution in [-0.4, -0.2) is 40.4 Å². The molecule has 0 aromatic carbocycles. The van der Waals surface area contributed by atoms with Crippen LogP contribution < -0.4 is 5.32 Å². The maximum atomic E-state index is 11.3. The van der Waals surface area contributed by atoms with Crippen molar-refractivity contribution >= 4 is 5.97 Å². The van der Waals surface area contributed by atoms with E-state index in [1.165, 1.54) is 0 Å². The first-order valence-electron chi connectivity index (χ1n) is 5.85. The van der Waals surface area contributed by atoms with E-state index in [0.717, 1.165) is 18.8 Å². The Morgan fingerprint density at radius 2 is 2.41 bits per heavy atom. The minimum absolute atomic E-state index is 0.116. The van der Waals surface area contributed by atoms with Crippen LogP contribution in [0, 0.1) is 5.92 Å². The third-order valence-corrected chi connectivity index (χ3v) is 2.47. The highest BCUT2D eigenvalue weighted by molar-refractivity contribution is 5.72. The molecule has 0 aliphatic heterocycles. The van der Waals surface area contributed by atoms with Crippen molar-refractivity contribution < 1.29 is 9.53 Å². The molecule has 6 heteroatoms. The van der Waals surface area contributed by atoms with Crippen LogP contribution in [0.25, 0.3) is 0 Å². The second-order valence-electron chi connectivity index (χ2n) is 3.97. The van der Waals surface area contributed by atoms with Crippen molar-refractivity contribution in [3.05, 3.63) is 12.2 Å². The average Bonchev–Trinajstić information content (AvgIpc) is 2.70. The normalized spacial score (nSPS) is 12.4. The fourth-order valence-electron chi connectivity index (χ4n) is 1.42. The molecule has 1 aromatic rings. The van der Waals surface area contributed by atoms with Crippen molar-refractivity contribution in [2.45, 2.75) is 20.3 Å². The van der Waals surface area contributed by atoms with E-state index in [0.29, 0.717) is 13.2 Å². The summed E-state index contributed by atoms with van der Waals surface area (Å²) >= 11 is 0. The number of carbonyl (C=O) groups is 1. The van der Waals surface area contributed by atoms with Crippen LogP contribution in [0.4, 0.5) is 0 Å². The number of nitrogens with zero attached hydrogens (tertiary/aromatic N) is 3. The van der Waals surface area contributed by atoms with Crippen molar-refractivity contribution in [3.8, 4) is 0 Å². The molecule has 6 nitrogen and oxygen atoms in total. The van der Waals surface area contributed by atoms with E-state index in [2.05, 4.69) is 15.5 Å². The predicted molar refractivity (Wildman–Crippen MR) is 63.4 cm³/mol. The minimum atomic E-state index is -0.154. The number of rotatable bonds is 7. The van der Waals surface area contributed by atoms with Crippen molar-refractivity contribution in [2.24, 2.45) is 13.0 Å². The fourth-order valence-corrected chi connectivity index (χ4v) is 1.42. The Labute approximate surface area is 101 Å². The predicted octanol–water partition coefficient (Wildman–Crippen LogP) is 0.146. The van der Waals surface area contributed by atoms with Crippen LogP contribution in [0.15, 0.2) is 6.33 Å². The van der Waals surface area contributed by atoms with Gasteiger partial charge in [-0.25, -0.2) is 0 Å². The quantitative estimate of drug-likeness (QED) is 0.542. The molecule has 0 saturated carbocycles. The second-order valence-corrected chi connectivity index (χ2v) is 3.97. The third kappa shape index (κ3) is 4.52. The molecule has 1 heterocycles. The molecule has 0 saturated heterocycles. The van der Waals surface area contributed by atoms with Crippen LogP contribution >= 0.6 is 0 Å². The standard InChI is InChI=1S/C11H20N4O2/c1-4-17-11(16)9(2)7-12-6-5-10-14-13-8-15(10)3/h8-9,12H,4-7H2,1-3H3. The maximum absolute atomic E-state index is 11.3. The van der Waals surface area contributed by atoms with Gasteiger partial charge in [-0.15, -0.1) is 10.2 Å². The minimum Gasteiger partial charge on any atom is -0.466 e. The molecule has 1 N–H and O–H groups in total. The molecule has 0 aliphatic rings. The van der Waals surface area contributed by atoms with Crippen LogP contribution in [0.5, 0.6) is 0 Å². The molecule has 1 unspecified atom stereocenters. The van der Waals surface area contributed by atoms with Gasteiger partial charge in [-0.2, -0.15) is 0 Å². The van der Waals surface area contributed by atoms with Gasteiger partial charge in [-0.05, 0) is 6.92 Å². The van der Waals surface area contributed by atoms with Gasteiger partial charge < -0.3 is 14.6 Å². The Bertz CT molecular complexity index is 351. The van der Waals surface area contributed by atoms with E-state index >= 15 is 0 Å². The van der Waals surface area contributed by atoms with E-state index in [-0.39, 0.29) is 11.9 Å². The van der Waals surface area contributed by atoms with Gasteiger partial charge in [-0.3, -0.25) is 4.79 Å². The van der Waals surface area contributed by atoms with E-state index in [9.17, 15) is 4.79 Å². The van der Waals surface area contributed by atoms with E-state index in [1.54, 1.807) is 6.33 Å². The molecule has 0 radical (unpaired) electrons. The summed E-state index contributed by atoms with van der Waals surface area (Å²) in [4.78, 5) is 11.3. The molecule has 96 valence electrons. The SMILES string of the molecule is CCOC(=O)C(C)CNCCc1nncn1C. The van der Waals surface area contributed by atoms with Crippen LogP contribution in [0.3, 0.4) is 0 Å². The molecule has 0 bridgehead atoms. The zero-order valence-electron chi connectivity index (χ0n) is 10.6. The first-order chi connectivity index (χ1) is 8.15. The summed E-state index contributed by atoms with van der Waals surface area (Å²) in [5.74, 6) is 0.661. The summed E-state index contributed by atoms with van der Waals surface area (Å²) in [6.07, 6.45) is 2.47. The van der Waals surface area contributed by atoms with Crippen LogP contribution in [0.2, 0.25) is 0 Å². The fraction of sp³-hybridized carbons (Fsp3) is 0.727. The third-order valence-electron chi connectivity index (χ3n) is 2.47. The monoisotopic (exact) mass is 240 g/mol. The molecule has 17 heavy (non-hydrogen) atoms. The molecule has 0 spiro atoms. The summed E-state index contributed by atoms with van der Waals surface area (Å²) in [6, 6.07) is 0. The summed E-state index contributed by atoms with van der Waals surface area (Å²) in [7, 11) is 1.91. The maximum Gasteiger partial charge on any atom is 0.309 e. The van der Waals surface area contributed by atoms with Gasteiger partial charge in [0.15, 0.2) is 0 Å². The summed E-state index contributed by atoms with van der Waals surface area (Å²) in [5, 5.41) is 11.0. The Morgan fingerprint density at radius 1 is 1.65 bits per heavy atom. The number of carbonyl (C=O) groups excluding carboxylic acids is 1. The molecule has 1 atom stereocenters. The van der Waals surface area contributed by atoms with Gasteiger partial charge in [-0.1, -0.05) is 6.92 Å². The molecule has 0 fully saturated rings. The number of ether oxygens (including phenoxy) is 1. The lowest BCUT2D eigenvalue weighted by Gasteiger charge is -2.11. The summed E-state index contributed by atoms with van der Waals surface area (Å²) < 4.78 is 6.81. The van der Waals surface area contributed by atoms with Crippen molar-refractivity contribution in [1.29, 1.82) is 0 Å². The first-order valence-corrected chi connectivity index (χ1v) is 5.85. The average molecular weight is 240 g/mol. The van der Waals surface area contributed by atoms with E-state index < -0.39 is 0 Å². The van der Waals surface area contributed by atoms with Gasteiger partial charge in [0.05, 0.1) is 12.5 Å². The lowest BCUT2D eigenvalue weighted by atomic mass is 10.2. The Balaban J connectivity index is 2.16. The Hall–Kier alpha value is -1.43. The van der Waals surface area contributed by atoms with E-state index in [4.69, 9.17) is 4.74 Å². The number of aromatic nitrogens is 3. The highest BCUT2D eigenvalue weighted by atomic mass is 16.5. The van der Waals surface area contributed by atoms with Gasteiger partial charge in [0.2, 0.25) is 0 Å². The molecule has 1 aromatic heterocycles. The molecule has 0 aliphatic carbocycles. The number of aryl methyl sites for hydroxylation is 1. The summed E-state index contributed by atoms with van der Waals surface area (Å²) in [5.41, 5.74) is 0. The number of hydrogen-bond donors (Lipinski definition) is 1. The topological polar surface area (TPSA) is 69.0 Å². The second kappa shape index (κ2) is 7.01. The van der Waals surface area contributed by atoms with Crippen molar-refractivity contribution in [1.82, 2.24) is 20.1 Å². The zero-order chi connectivity index (χ0) is 12.7. The zero-order valence-corrected chi connectivity index (χ0v) is 10.6. The van der Waals surface area contributed by atoms with Crippen LogP contribution in [0.1, 0.15) is 19.7 Å². The first kappa shape index (κ1) is 13.6.